The molecule has 0 unspecified atom stereocenters. The van der Waals surface area contributed by atoms with Gasteiger partial charge in [-0.1, -0.05) is 18.2 Å². The molecule has 1 aromatic heterocycles. The van der Waals surface area contributed by atoms with Crippen molar-refractivity contribution in [1.29, 1.82) is 0 Å². The Morgan fingerprint density at radius 1 is 1.27 bits per heavy atom. The average Bonchev–Trinajstić information content (AvgIpc) is 2.96. The molecule has 0 spiro atoms. The number of quaternary nitrogens is 1. The quantitative estimate of drug-likeness (QED) is 0.916. The van der Waals surface area contributed by atoms with E-state index in [1.165, 1.54) is 0 Å². The zero-order chi connectivity index (χ0) is 15.8. The van der Waals surface area contributed by atoms with Gasteiger partial charge in [0, 0.05) is 12.8 Å². The van der Waals surface area contributed by atoms with Crippen molar-refractivity contribution in [3.05, 3.63) is 35.7 Å². The standard InChI is InChI=1S/C16H23N5O/c1-12-7-5-6-8-13(12)21-14(18-19-20-21)16(17-4)9-10-22-15(2,3)11-16/h5-8,17H,9-11H2,1-4H3/p+1/t16-/m1/s1. The van der Waals surface area contributed by atoms with Gasteiger partial charge in [0.15, 0.2) is 5.54 Å². The van der Waals surface area contributed by atoms with Gasteiger partial charge in [-0.05, 0) is 42.8 Å². The first-order valence-corrected chi connectivity index (χ1v) is 7.77. The minimum absolute atomic E-state index is 0.159. The van der Waals surface area contributed by atoms with E-state index in [4.69, 9.17) is 4.74 Å². The van der Waals surface area contributed by atoms with E-state index >= 15 is 0 Å². The van der Waals surface area contributed by atoms with Gasteiger partial charge in [0.25, 0.3) is 0 Å². The van der Waals surface area contributed by atoms with E-state index in [0.29, 0.717) is 0 Å². The molecule has 22 heavy (non-hydrogen) atoms. The predicted molar refractivity (Wildman–Crippen MR) is 82.7 cm³/mol. The molecule has 1 aliphatic heterocycles. The minimum atomic E-state index is -0.173. The molecule has 6 heteroatoms. The molecule has 6 nitrogen and oxygen atoms in total. The van der Waals surface area contributed by atoms with Crippen LogP contribution in [0.15, 0.2) is 24.3 Å². The summed E-state index contributed by atoms with van der Waals surface area (Å²) in [7, 11) is 2.10. The maximum absolute atomic E-state index is 5.89. The fourth-order valence-corrected chi connectivity index (χ4v) is 3.44. The van der Waals surface area contributed by atoms with Crippen molar-refractivity contribution in [2.45, 2.75) is 44.8 Å². The van der Waals surface area contributed by atoms with Gasteiger partial charge in [0.1, 0.15) is 0 Å². The lowest BCUT2D eigenvalue weighted by Gasteiger charge is -2.41. The Kier molecular flexibility index (Phi) is 3.74. The number of aryl methyl sites for hydroxylation is 1. The van der Waals surface area contributed by atoms with Gasteiger partial charge in [-0.25, -0.2) is 0 Å². The van der Waals surface area contributed by atoms with Crippen molar-refractivity contribution in [3.63, 3.8) is 0 Å². The molecule has 1 fully saturated rings. The topological polar surface area (TPSA) is 69.4 Å². The largest absolute Gasteiger partial charge is 0.375 e. The molecule has 2 aromatic rings. The van der Waals surface area contributed by atoms with Crippen molar-refractivity contribution in [3.8, 4) is 5.69 Å². The molecule has 2 N–H and O–H groups in total. The lowest BCUT2D eigenvalue weighted by Crippen LogP contribution is -2.93. The van der Waals surface area contributed by atoms with Crippen LogP contribution in [0.25, 0.3) is 5.69 Å². The van der Waals surface area contributed by atoms with Crippen LogP contribution in [0.1, 0.15) is 38.1 Å². The summed E-state index contributed by atoms with van der Waals surface area (Å²) < 4.78 is 7.78. The maximum atomic E-state index is 5.89. The third-order valence-corrected chi connectivity index (χ3v) is 4.59. The van der Waals surface area contributed by atoms with Gasteiger partial charge in [-0.3, -0.25) is 0 Å². The summed E-state index contributed by atoms with van der Waals surface area (Å²) >= 11 is 0. The van der Waals surface area contributed by atoms with Crippen LogP contribution in [0.5, 0.6) is 0 Å². The highest BCUT2D eigenvalue weighted by molar-refractivity contribution is 5.40. The van der Waals surface area contributed by atoms with Crippen LogP contribution in [0, 0.1) is 6.92 Å². The highest BCUT2D eigenvalue weighted by Gasteiger charge is 2.48. The van der Waals surface area contributed by atoms with Gasteiger partial charge in [-0.15, -0.1) is 5.10 Å². The van der Waals surface area contributed by atoms with Crippen LogP contribution in [0.2, 0.25) is 0 Å². The van der Waals surface area contributed by atoms with E-state index in [9.17, 15) is 0 Å². The Balaban J connectivity index is 2.09. The Bertz CT molecular complexity index is 666. The zero-order valence-electron chi connectivity index (χ0n) is 13.7. The zero-order valence-corrected chi connectivity index (χ0v) is 13.7. The van der Waals surface area contributed by atoms with Crippen molar-refractivity contribution in [2.75, 3.05) is 13.7 Å². The SMILES string of the molecule is C[NH2+][C@]1(c2nnnn2-c2ccccc2C)CCOC(C)(C)C1. The Hall–Kier alpha value is -1.79. The van der Waals surface area contributed by atoms with Gasteiger partial charge in [0.05, 0.1) is 24.9 Å². The predicted octanol–water partition coefficient (Wildman–Crippen LogP) is 0.948. The molecule has 0 amide bonds. The summed E-state index contributed by atoms with van der Waals surface area (Å²) in [6.45, 7) is 7.06. The van der Waals surface area contributed by atoms with E-state index in [1.54, 1.807) is 0 Å². The number of benzene rings is 1. The van der Waals surface area contributed by atoms with E-state index < -0.39 is 0 Å². The summed E-state index contributed by atoms with van der Waals surface area (Å²) in [5.41, 5.74) is 1.86. The molecule has 0 aliphatic carbocycles. The van der Waals surface area contributed by atoms with Crippen LogP contribution < -0.4 is 5.32 Å². The van der Waals surface area contributed by atoms with E-state index in [-0.39, 0.29) is 11.1 Å². The first-order chi connectivity index (χ1) is 10.5. The summed E-state index contributed by atoms with van der Waals surface area (Å²) in [6.07, 6.45) is 1.78. The number of para-hydroxylation sites is 1. The second-order valence-corrected chi connectivity index (χ2v) is 6.68. The van der Waals surface area contributed by atoms with Gasteiger partial charge in [-0.2, -0.15) is 4.68 Å². The van der Waals surface area contributed by atoms with E-state index in [2.05, 4.69) is 60.8 Å². The lowest BCUT2D eigenvalue weighted by molar-refractivity contribution is -0.722. The molecule has 3 rings (SSSR count). The number of aromatic nitrogens is 4. The number of rotatable bonds is 3. The molecule has 1 aliphatic rings. The number of nitrogens with two attached hydrogens (primary N) is 1. The molecule has 0 radical (unpaired) electrons. The van der Waals surface area contributed by atoms with Crippen LogP contribution in [0.4, 0.5) is 0 Å². The number of hydrogen-bond donors (Lipinski definition) is 1. The first kappa shape index (κ1) is 15.1. The Labute approximate surface area is 130 Å². The van der Waals surface area contributed by atoms with E-state index in [0.717, 1.165) is 36.5 Å². The minimum Gasteiger partial charge on any atom is -0.375 e. The lowest BCUT2D eigenvalue weighted by atomic mass is 9.80. The fourth-order valence-electron chi connectivity index (χ4n) is 3.44. The second kappa shape index (κ2) is 5.44. The van der Waals surface area contributed by atoms with Crippen molar-refractivity contribution in [2.24, 2.45) is 0 Å². The summed E-state index contributed by atoms with van der Waals surface area (Å²) in [4.78, 5) is 0. The molecule has 1 atom stereocenters. The third kappa shape index (κ3) is 2.53. The molecule has 118 valence electrons. The molecule has 1 aromatic carbocycles. The molecular weight excluding hydrogens is 278 g/mol. The highest BCUT2D eigenvalue weighted by atomic mass is 16.5. The summed E-state index contributed by atoms with van der Waals surface area (Å²) in [5.74, 6) is 0.903. The maximum Gasteiger partial charge on any atom is 0.217 e. The molecule has 2 heterocycles. The molecular formula is C16H24N5O+. The fraction of sp³-hybridized carbons (Fsp3) is 0.562. The van der Waals surface area contributed by atoms with Crippen molar-refractivity contribution >= 4 is 0 Å². The average molecular weight is 302 g/mol. The smallest absolute Gasteiger partial charge is 0.217 e. The molecule has 1 saturated heterocycles. The summed E-state index contributed by atoms with van der Waals surface area (Å²) in [6, 6.07) is 8.19. The van der Waals surface area contributed by atoms with Gasteiger partial charge < -0.3 is 10.1 Å². The second-order valence-electron chi connectivity index (χ2n) is 6.68. The van der Waals surface area contributed by atoms with Crippen LogP contribution in [-0.4, -0.2) is 39.5 Å². The first-order valence-electron chi connectivity index (χ1n) is 7.77. The number of nitrogens with zero attached hydrogens (tertiary/aromatic N) is 4. The Morgan fingerprint density at radius 3 is 2.73 bits per heavy atom. The third-order valence-electron chi connectivity index (χ3n) is 4.59. The Morgan fingerprint density at radius 2 is 2.05 bits per heavy atom. The number of ether oxygens (including phenoxy) is 1. The van der Waals surface area contributed by atoms with Crippen molar-refractivity contribution < 1.29 is 10.1 Å². The summed E-state index contributed by atoms with van der Waals surface area (Å²) in [5, 5.41) is 14.8. The van der Waals surface area contributed by atoms with Crippen LogP contribution >= 0.6 is 0 Å². The normalized spacial score (nSPS) is 24.4. The van der Waals surface area contributed by atoms with Crippen LogP contribution in [-0.2, 0) is 10.3 Å². The monoisotopic (exact) mass is 302 g/mol. The molecule has 0 saturated carbocycles. The number of tetrazole rings is 1. The van der Waals surface area contributed by atoms with Crippen molar-refractivity contribution in [1.82, 2.24) is 20.2 Å². The van der Waals surface area contributed by atoms with Gasteiger partial charge in [0.2, 0.25) is 5.82 Å². The van der Waals surface area contributed by atoms with Crippen LogP contribution in [0.3, 0.4) is 0 Å². The number of hydrogen-bond acceptors (Lipinski definition) is 4. The molecule has 0 bridgehead atoms. The highest BCUT2D eigenvalue weighted by Crippen LogP contribution is 2.36. The van der Waals surface area contributed by atoms with E-state index in [1.807, 2.05) is 16.8 Å². The van der Waals surface area contributed by atoms with Gasteiger partial charge >= 0.3 is 0 Å².